The summed E-state index contributed by atoms with van der Waals surface area (Å²) < 4.78 is 25.7. The molecule has 0 saturated heterocycles. The van der Waals surface area contributed by atoms with Gasteiger partial charge in [-0.2, -0.15) is 0 Å². The van der Waals surface area contributed by atoms with E-state index in [0.29, 0.717) is 16.8 Å². The van der Waals surface area contributed by atoms with Crippen molar-refractivity contribution < 1.29 is 10.2 Å². The van der Waals surface area contributed by atoms with Gasteiger partial charge in [0.1, 0.15) is 0 Å². The Morgan fingerprint density at radius 1 is 1.33 bits per heavy atom. The first-order valence-corrected chi connectivity index (χ1v) is 3.82. The molecule has 1 nitrogen and oxygen atoms in total. The third-order valence-electron chi connectivity index (χ3n) is 2.19. The van der Waals surface area contributed by atoms with Crippen molar-refractivity contribution in [1.82, 2.24) is 0 Å². The first-order valence-electron chi connectivity index (χ1n) is 3.82. The highest BCUT2D eigenvalue weighted by Crippen LogP contribution is 2.36. The first-order chi connectivity index (χ1) is 5.58. The van der Waals surface area contributed by atoms with Crippen LogP contribution in [0, 0.1) is 0 Å². The minimum Gasteiger partial charge on any atom is -0.398 e. The topological polar surface area (TPSA) is 26.0 Å². The maximum atomic E-state index is 12.9. The fourth-order valence-corrected chi connectivity index (χ4v) is 1.64. The fourth-order valence-electron chi connectivity index (χ4n) is 1.64. The zero-order chi connectivity index (χ0) is 8.77. The van der Waals surface area contributed by atoms with E-state index in [0.717, 1.165) is 0 Å². The molecule has 0 saturated carbocycles. The predicted octanol–water partition coefficient (Wildman–Crippen LogP) is 2.25. The number of hydrogen-bond donors (Lipinski definition) is 1. The Bertz CT molecular complexity index is 325. The van der Waals surface area contributed by atoms with Crippen LogP contribution in [0.2, 0.25) is 0 Å². The van der Waals surface area contributed by atoms with Gasteiger partial charge in [0.25, 0.3) is 5.92 Å². The number of alkyl halides is 2. The molecule has 2 N–H and O–H groups in total. The molecular weight excluding hydrogens is 160 g/mol. The number of nitrogens with two attached hydrogens (primary N) is 1. The molecule has 0 radical (unpaired) electrons. The van der Waals surface area contributed by atoms with Gasteiger partial charge in [-0.3, -0.25) is 0 Å². The van der Waals surface area contributed by atoms with E-state index in [9.17, 15) is 8.78 Å². The van der Waals surface area contributed by atoms with Crippen LogP contribution in [0.5, 0.6) is 0 Å². The van der Waals surface area contributed by atoms with Crippen molar-refractivity contribution in [3.8, 4) is 0 Å². The SMILES string of the molecule is Nc1cccc2c1CC(F)(F)C2.[HH]. The van der Waals surface area contributed by atoms with E-state index >= 15 is 0 Å². The van der Waals surface area contributed by atoms with Gasteiger partial charge in [0.2, 0.25) is 0 Å². The molecule has 1 aliphatic carbocycles. The molecule has 1 aliphatic rings. The van der Waals surface area contributed by atoms with Gasteiger partial charge in [0.15, 0.2) is 0 Å². The van der Waals surface area contributed by atoms with Gasteiger partial charge < -0.3 is 5.73 Å². The van der Waals surface area contributed by atoms with Crippen LogP contribution >= 0.6 is 0 Å². The molecule has 3 heteroatoms. The van der Waals surface area contributed by atoms with Gasteiger partial charge in [-0.15, -0.1) is 0 Å². The van der Waals surface area contributed by atoms with Crippen LogP contribution in [0.1, 0.15) is 12.6 Å². The van der Waals surface area contributed by atoms with E-state index in [-0.39, 0.29) is 14.3 Å². The second-order valence-corrected chi connectivity index (χ2v) is 3.19. The normalized spacial score (nSPS) is 19.2. The Morgan fingerprint density at radius 2 is 2.08 bits per heavy atom. The maximum absolute atomic E-state index is 12.9. The highest BCUT2D eigenvalue weighted by atomic mass is 19.3. The number of benzene rings is 1. The molecule has 1 aromatic carbocycles. The monoisotopic (exact) mass is 171 g/mol. The molecule has 0 heterocycles. The molecule has 66 valence electrons. The Balaban J connectivity index is 0.000000845. The lowest BCUT2D eigenvalue weighted by molar-refractivity contribution is 0.0131. The number of anilines is 1. The number of halogens is 2. The molecule has 12 heavy (non-hydrogen) atoms. The second kappa shape index (κ2) is 2.19. The van der Waals surface area contributed by atoms with Crippen LogP contribution < -0.4 is 5.73 Å². The van der Waals surface area contributed by atoms with Crippen LogP contribution in [-0.2, 0) is 12.8 Å². The van der Waals surface area contributed by atoms with Gasteiger partial charge in [0.05, 0.1) is 0 Å². The summed E-state index contributed by atoms with van der Waals surface area (Å²) in [6, 6.07) is 5.10. The van der Waals surface area contributed by atoms with Crippen molar-refractivity contribution in [2.24, 2.45) is 0 Å². The predicted molar refractivity (Wildman–Crippen MR) is 45.3 cm³/mol. The maximum Gasteiger partial charge on any atom is 0.256 e. The molecule has 0 bridgehead atoms. The Kier molecular flexibility index (Phi) is 1.37. The zero-order valence-corrected chi connectivity index (χ0v) is 6.48. The van der Waals surface area contributed by atoms with Crippen molar-refractivity contribution in [3.63, 3.8) is 0 Å². The summed E-state index contributed by atoms with van der Waals surface area (Å²) in [5, 5.41) is 0. The Morgan fingerprint density at radius 3 is 2.75 bits per heavy atom. The minimum absolute atomic E-state index is 0. The number of nitrogen functional groups attached to an aromatic ring is 1. The summed E-state index contributed by atoms with van der Waals surface area (Å²) in [4.78, 5) is 0. The molecule has 0 aromatic heterocycles. The van der Waals surface area contributed by atoms with Crippen molar-refractivity contribution in [1.29, 1.82) is 0 Å². The molecule has 0 spiro atoms. The summed E-state index contributed by atoms with van der Waals surface area (Å²) >= 11 is 0. The van der Waals surface area contributed by atoms with E-state index in [1.54, 1.807) is 18.2 Å². The van der Waals surface area contributed by atoms with Crippen molar-refractivity contribution in [2.45, 2.75) is 18.8 Å². The standard InChI is InChI=1S/C9H9F2N.H2/c10-9(11)4-6-2-1-3-8(12)7(6)5-9;/h1-3H,4-5,12H2;1H. The minimum atomic E-state index is -2.59. The van der Waals surface area contributed by atoms with E-state index in [1.807, 2.05) is 0 Å². The highest BCUT2D eigenvalue weighted by molar-refractivity contribution is 5.54. The molecule has 0 unspecified atom stereocenters. The lowest BCUT2D eigenvalue weighted by Gasteiger charge is -2.04. The smallest absolute Gasteiger partial charge is 0.256 e. The van der Waals surface area contributed by atoms with Gasteiger partial charge in [0, 0.05) is 20.0 Å². The summed E-state index contributed by atoms with van der Waals surface area (Å²) in [5.41, 5.74) is 7.37. The molecule has 0 amide bonds. The van der Waals surface area contributed by atoms with Crippen LogP contribution in [-0.4, -0.2) is 5.92 Å². The summed E-state index contributed by atoms with van der Waals surface area (Å²) in [6.45, 7) is 0. The van der Waals surface area contributed by atoms with Crippen LogP contribution in [0.3, 0.4) is 0 Å². The number of hydrogen-bond acceptors (Lipinski definition) is 1. The third-order valence-corrected chi connectivity index (χ3v) is 2.19. The average molecular weight is 171 g/mol. The van der Waals surface area contributed by atoms with Crippen molar-refractivity contribution in [2.75, 3.05) is 5.73 Å². The van der Waals surface area contributed by atoms with Gasteiger partial charge in [-0.1, -0.05) is 12.1 Å². The van der Waals surface area contributed by atoms with E-state index in [2.05, 4.69) is 0 Å². The lowest BCUT2D eigenvalue weighted by Crippen LogP contribution is -2.14. The van der Waals surface area contributed by atoms with E-state index in [1.165, 1.54) is 0 Å². The molecule has 0 fully saturated rings. The zero-order valence-electron chi connectivity index (χ0n) is 6.48. The van der Waals surface area contributed by atoms with Gasteiger partial charge >= 0.3 is 0 Å². The third kappa shape index (κ3) is 1.05. The molecule has 1 aromatic rings. The van der Waals surface area contributed by atoms with Crippen LogP contribution in [0.15, 0.2) is 18.2 Å². The van der Waals surface area contributed by atoms with Gasteiger partial charge in [-0.05, 0) is 17.2 Å². The van der Waals surface area contributed by atoms with Crippen molar-refractivity contribution in [3.05, 3.63) is 29.3 Å². The number of fused-ring (bicyclic) bond motifs is 1. The average Bonchev–Trinajstić information content (AvgIpc) is 2.25. The quantitative estimate of drug-likeness (QED) is 0.595. The van der Waals surface area contributed by atoms with Crippen LogP contribution in [0.25, 0.3) is 0 Å². The second-order valence-electron chi connectivity index (χ2n) is 3.19. The summed E-state index contributed by atoms with van der Waals surface area (Å²) in [5.74, 6) is -2.59. The molecule has 0 atom stereocenters. The van der Waals surface area contributed by atoms with Crippen molar-refractivity contribution >= 4 is 5.69 Å². The molecular formula is C9H11F2N. The Hall–Kier alpha value is -1.12. The van der Waals surface area contributed by atoms with Crippen LogP contribution in [0.4, 0.5) is 14.5 Å². The fraction of sp³-hybridized carbons (Fsp3) is 0.333. The van der Waals surface area contributed by atoms with Gasteiger partial charge in [-0.25, -0.2) is 8.78 Å². The summed E-state index contributed by atoms with van der Waals surface area (Å²) in [6.07, 6.45) is -0.359. The highest BCUT2D eigenvalue weighted by Gasteiger charge is 2.37. The lowest BCUT2D eigenvalue weighted by atomic mass is 10.1. The number of rotatable bonds is 0. The van der Waals surface area contributed by atoms with E-state index < -0.39 is 5.92 Å². The summed E-state index contributed by atoms with van der Waals surface area (Å²) in [7, 11) is 0. The molecule has 2 rings (SSSR count). The Labute approximate surface area is 70.7 Å². The first kappa shape index (κ1) is 7.53. The van der Waals surface area contributed by atoms with E-state index in [4.69, 9.17) is 5.73 Å². The molecule has 0 aliphatic heterocycles. The largest absolute Gasteiger partial charge is 0.398 e.